The average Bonchev–Trinajstić information content (AvgIpc) is 2.97. The molecule has 0 spiro atoms. The molecule has 1 amide bonds. The van der Waals surface area contributed by atoms with E-state index < -0.39 is 39.8 Å². The first-order chi connectivity index (χ1) is 20.2. The number of hydrogen-bond donors (Lipinski definition) is 0. The van der Waals surface area contributed by atoms with Crippen LogP contribution in [0.5, 0.6) is 0 Å². The molecule has 226 valence electrons. The van der Waals surface area contributed by atoms with Crippen molar-refractivity contribution >= 4 is 23.7 Å². The maximum Gasteiger partial charge on any atom is 0.410 e. The second-order valence-electron chi connectivity index (χ2n) is 12.0. The fraction of sp³-hybridized carbons (Fsp3) is 0.364. The molecular formula is C33H36N2O8. The van der Waals surface area contributed by atoms with Gasteiger partial charge in [-0.15, -0.1) is 0 Å². The van der Waals surface area contributed by atoms with Gasteiger partial charge in [0.05, 0.1) is 16.1 Å². The van der Waals surface area contributed by atoms with E-state index >= 15 is 0 Å². The van der Waals surface area contributed by atoms with Crippen LogP contribution < -0.4 is 0 Å². The number of nitro benzene ring substituents is 1. The molecule has 10 nitrogen and oxygen atoms in total. The average molecular weight is 589 g/mol. The first-order valence-electron chi connectivity index (χ1n) is 14.0. The minimum absolute atomic E-state index is 0.0249. The van der Waals surface area contributed by atoms with E-state index in [9.17, 15) is 24.5 Å². The number of piperidine rings is 1. The van der Waals surface area contributed by atoms with E-state index in [4.69, 9.17) is 14.2 Å². The van der Waals surface area contributed by atoms with E-state index in [0.29, 0.717) is 31.5 Å². The molecule has 0 aliphatic carbocycles. The van der Waals surface area contributed by atoms with Gasteiger partial charge in [-0.3, -0.25) is 10.1 Å². The van der Waals surface area contributed by atoms with E-state index in [1.165, 1.54) is 36.4 Å². The summed E-state index contributed by atoms with van der Waals surface area (Å²) in [5.41, 5.74) is -1.51. The van der Waals surface area contributed by atoms with Gasteiger partial charge in [-0.05, 0) is 70.0 Å². The summed E-state index contributed by atoms with van der Waals surface area (Å²) in [7, 11) is 0. The molecule has 0 aromatic heterocycles. The zero-order valence-corrected chi connectivity index (χ0v) is 25.0. The molecule has 10 heteroatoms. The van der Waals surface area contributed by atoms with Crippen LogP contribution in [0.3, 0.4) is 0 Å². The zero-order chi connectivity index (χ0) is 31.4. The van der Waals surface area contributed by atoms with Gasteiger partial charge in [-0.2, -0.15) is 0 Å². The standard InChI is InChI=1S/C33H36N2O8/c1-31(2,3)43-30(38)34-21-19-33(20-22-34,24-11-7-6-8-12-24)42-29(37)27-14-10-9-13-26(27)28(36)41-32(4,5)23-15-17-25(18-16-23)35(39)40/h6-18H,19-22H2,1-5H3. The third-order valence-electron chi connectivity index (χ3n) is 7.30. The van der Waals surface area contributed by atoms with Crippen molar-refractivity contribution < 1.29 is 33.5 Å². The van der Waals surface area contributed by atoms with E-state index in [0.717, 1.165) is 5.56 Å². The van der Waals surface area contributed by atoms with Crippen molar-refractivity contribution in [2.45, 2.75) is 64.3 Å². The Balaban J connectivity index is 1.56. The molecule has 4 rings (SSSR count). The van der Waals surface area contributed by atoms with E-state index in [1.54, 1.807) is 51.7 Å². The molecule has 0 N–H and O–H groups in total. The topological polar surface area (TPSA) is 125 Å². The molecule has 1 aliphatic rings. The second kappa shape index (κ2) is 12.2. The van der Waals surface area contributed by atoms with Gasteiger partial charge in [0.1, 0.15) is 16.8 Å². The highest BCUT2D eigenvalue weighted by Gasteiger charge is 2.42. The molecule has 3 aromatic rings. The molecule has 1 aliphatic heterocycles. The number of carbonyl (C=O) groups excluding carboxylic acids is 3. The summed E-state index contributed by atoms with van der Waals surface area (Å²) in [6, 6.07) is 21.3. The Morgan fingerprint density at radius 2 is 1.30 bits per heavy atom. The van der Waals surface area contributed by atoms with E-state index in [1.807, 2.05) is 30.3 Å². The molecule has 3 aromatic carbocycles. The van der Waals surface area contributed by atoms with Crippen LogP contribution in [0.15, 0.2) is 78.9 Å². The number of ether oxygens (including phenoxy) is 3. The minimum atomic E-state index is -1.15. The number of hydrogen-bond acceptors (Lipinski definition) is 8. The van der Waals surface area contributed by atoms with Gasteiger partial charge in [-0.1, -0.05) is 42.5 Å². The van der Waals surface area contributed by atoms with Crippen LogP contribution in [0.25, 0.3) is 0 Å². The minimum Gasteiger partial charge on any atom is -0.451 e. The predicted molar refractivity (Wildman–Crippen MR) is 159 cm³/mol. The Kier molecular flexibility index (Phi) is 8.89. The molecule has 0 saturated carbocycles. The smallest absolute Gasteiger partial charge is 0.410 e. The number of carbonyl (C=O) groups is 3. The van der Waals surface area contributed by atoms with Crippen molar-refractivity contribution in [3.8, 4) is 0 Å². The first kappa shape index (κ1) is 31.2. The summed E-state index contributed by atoms with van der Waals surface area (Å²) in [4.78, 5) is 52.0. The fourth-order valence-electron chi connectivity index (χ4n) is 4.97. The highest BCUT2D eigenvalue weighted by atomic mass is 16.6. The molecule has 1 saturated heterocycles. The lowest BCUT2D eigenvalue weighted by Crippen LogP contribution is -2.48. The number of likely N-dealkylation sites (tertiary alicyclic amines) is 1. The lowest BCUT2D eigenvalue weighted by atomic mass is 9.84. The summed E-state index contributed by atoms with van der Waals surface area (Å²) in [5.74, 6) is -1.44. The first-order valence-corrected chi connectivity index (χ1v) is 14.0. The van der Waals surface area contributed by atoms with E-state index in [2.05, 4.69) is 0 Å². The zero-order valence-electron chi connectivity index (χ0n) is 25.0. The third-order valence-corrected chi connectivity index (χ3v) is 7.30. The monoisotopic (exact) mass is 588 g/mol. The summed E-state index contributed by atoms with van der Waals surface area (Å²) >= 11 is 0. The van der Waals surface area contributed by atoms with Crippen LogP contribution in [0.1, 0.15) is 79.3 Å². The number of rotatable bonds is 7. The lowest BCUT2D eigenvalue weighted by molar-refractivity contribution is -0.384. The Hall–Kier alpha value is -4.73. The van der Waals surface area contributed by atoms with Gasteiger partial charge in [0.25, 0.3) is 5.69 Å². The van der Waals surface area contributed by atoms with Crippen LogP contribution in [0.4, 0.5) is 10.5 Å². The highest BCUT2D eigenvalue weighted by molar-refractivity contribution is 6.03. The highest BCUT2D eigenvalue weighted by Crippen LogP contribution is 2.38. The van der Waals surface area contributed by atoms with Crippen molar-refractivity contribution in [3.63, 3.8) is 0 Å². The largest absolute Gasteiger partial charge is 0.451 e. The molecular weight excluding hydrogens is 552 g/mol. The molecule has 0 unspecified atom stereocenters. The van der Waals surface area contributed by atoms with Crippen LogP contribution in [-0.4, -0.2) is 46.5 Å². The Morgan fingerprint density at radius 1 is 0.767 bits per heavy atom. The van der Waals surface area contributed by atoms with Crippen LogP contribution >= 0.6 is 0 Å². The van der Waals surface area contributed by atoms with Crippen molar-refractivity contribution in [1.29, 1.82) is 0 Å². The Bertz CT molecular complexity index is 1490. The molecule has 0 bridgehead atoms. The quantitative estimate of drug-likeness (QED) is 0.128. The summed E-state index contributed by atoms with van der Waals surface area (Å²) in [6.07, 6.45) is 0.244. The number of nitro groups is 1. The summed E-state index contributed by atoms with van der Waals surface area (Å²) in [5, 5.41) is 11.0. The SMILES string of the molecule is CC(C)(C)OC(=O)N1CCC(OC(=O)c2ccccc2C(=O)OC(C)(C)c2ccc([N+](=O)[O-])cc2)(c2ccccc2)CC1. The van der Waals surface area contributed by atoms with Crippen molar-refractivity contribution in [1.82, 2.24) is 4.90 Å². The second-order valence-corrected chi connectivity index (χ2v) is 12.0. The lowest BCUT2D eigenvalue weighted by Gasteiger charge is -2.41. The number of esters is 2. The molecule has 1 heterocycles. The Morgan fingerprint density at radius 3 is 1.84 bits per heavy atom. The van der Waals surface area contributed by atoms with Gasteiger partial charge < -0.3 is 19.1 Å². The summed E-state index contributed by atoms with van der Waals surface area (Å²) in [6.45, 7) is 9.36. The number of nitrogens with zero attached hydrogens (tertiary/aromatic N) is 2. The van der Waals surface area contributed by atoms with Crippen molar-refractivity contribution in [3.05, 3.63) is 111 Å². The maximum absolute atomic E-state index is 13.8. The molecule has 1 fully saturated rings. The van der Waals surface area contributed by atoms with Gasteiger partial charge in [0.2, 0.25) is 0 Å². The van der Waals surface area contributed by atoms with Gasteiger partial charge >= 0.3 is 18.0 Å². The van der Waals surface area contributed by atoms with Crippen LogP contribution in [0, 0.1) is 10.1 Å². The fourth-order valence-corrected chi connectivity index (χ4v) is 4.97. The molecule has 0 radical (unpaired) electrons. The predicted octanol–water partition coefficient (Wildman–Crippen LogP) is 6.77. The van der Waals surface area contributed by atoms with Crippen molar-refractivity contribution in [2.75, 3.05) is 13.1 Å². The molecule has 0 atom stereocenters. The van der Waals surface area contributed by atoms with Crippen molar-refractivity contribution in [2.24, 2.45) is 0 Å². The maximum atomic E-state index is 13.8. The third kappa shape index (κ3) is 7.38. The van der Waals surface area contributed by atoms with Gasteiger partial charge in [-0.25, -0.2) is 14.4 Å². The number of non-ortho nitro benzene ring substituents is 1. The molecule has 43 heavy (non-hydrogen) atoms. The summed E-state index contributed by atoms with van der Waals surface area (Å²) < 4.78 is 17.6. The van der Waals surface area contributed by atoms with Gasteiger partial charge in [0.15, 0.2) is 0 Å². The normalized spacial score (nSPS) is 14.9. The van der Waals surface area contributed by atoms with E-state index in [-0.39, 0.29) is 16.8 Å². The van der Waals surface area contributed by atoms with Gasteiger partial charge in [0, 0.05) is 38.1 Å². The Labute approximate surface area is 250 Å². The number of benzene rings is 3. The van der Waals surface area contributed by atoms with Crippen LogP contribution in [-0.2, 0) is 25.4 Å². The van der Waals surface area contributed by atoms with Crippen LogP contribution in [0.2, 0.25) is 0 Å². The number of amides is 1.